The number of hydrogen-bond donors (Lipinski definition) is 2. The molecule has 0 radical (unpaired) electrons. The van der Waals surface area contributed by atoms with Crippen LogP contribution in [-0.2, 0) is 0 Å². The van der Waals surface area contributed by atoms with E-state index >= 15 is 0 Å². The predicted octanol–water partition coefficient (Wildman–Crippen LogP) is 3.33. The summed E-state index contributed by atoms with van der Waals surface area (Å²) in [5.74, 6) is -0.510. The molecule has 0 saturated carbocycles. The van der Waals surface area contributed by atoms with Gasteiger partial charge in [0, 0.05) is 21.5 Å². The second-order valence-corrected chi connectivity index (χ2v) is 6.25. The zero-order valence-corrected chi connectivity index (χ0v) is 14.7. The Morgan fingerprint density at radius 2 is 1.96 bits per heavy atom. The van der Waals surface area contributed by atoms with Gasteiger partial charge < -0.3 is 9.52 Å². The van der Waals surface area contributed by atoms with Crippen LogP contribution in [0.25, 0.3) is 11.0 Å². The highest BCUT2D eigenvalue weighted by Gasteiger charge is 2.11. The molecule has 6 nitrogen and oxygen atoms in total. The number of phenols is 1. The summed E-state index contributed by atoms with van der Waals surface area (Å²) in [6.07, 6.45) is 1.25. The van der Waals surface area contributed by atoms with Crippen molar-refractivity contribution in [2.75, 3.05) is 0 Å². The second-order valence-electron chi connectivity index (χ2n) is 5.33. The van der Waals surface area contributed by atoms with E-state index in [0.29, 0.717) is 10.9 Å². The van der Waals surface area contributed by atoms with Crippen molar-refractivity contribution in [1.82, 2.24) is 5.43 Å². The summed E-state index contributed by atoms with van der Waals surface area (Å²) in [6, 6.07) is 11.3. The molecular weight excluding hydrogens is 388 g/mol. The standard InChI is InChI=1S/C18H13BrN2O4/c1-10-8-16(23)25-17-13(10)6-7-15(22)14(17)9-20-21-18(24)11-2-4-12(19)5-3-11/h2-9,22H,1H3,(H,21,24). The molecule has 0 aliphatic carbocycles. The second kappa shape index (κ2) is 6.90. The summed E-state index contributed by atoms with van der Waals surface area (Å²) in [5.41, 5.74) is 3.44. The highest BCUT2D eigenvalue weighted by Crippen LogP contribution is 2.26. The number of nitrogens with one attached hydrogen (secondary N) is 1. The molecule has 0 saturated heterocycles. The van der Waals surface area contributed by atoms with Gasteiger partial charge in [-0.25, -0.2) is 10.2 Å². The fourth-order valence-electron chi connectivity index (χ4n) is 2.34. The average Bonchev–Trinajstić information content (AvgIpc) is 2.57. The highest BCUT2D eigenvalue weighted by molar-refractivity contribution is 9.10. The molecular formula is C18H13BrN2O4. The number of amides is 1. The van der Waals surface area contributed by atoms with Crippen LogP contribution in [0, 0.1) is 6.92 Å². The number of phenolic OH excluding ortho intramolecular Hbond substituents is 1. The molecule has 3 aromatic rings. The monoisotopic (exact) mass is 400 g/mol. The summed E-state index contributed by atoms with van der Waals surface area (Å²) in [5, 5.41) is 14.6. The smallest absolute Gasteiger partial charge is 0.336 e. The van der Waals surface area contributed by atoms with Crippen LogP contribution in [0.3, 0.4) is 0 Å². The Morgan fingerprint density at radius 1 is 1.24 bits per heavy atom. The third-order valence-corrected chi connectivity index (χ3v) is 4.13. The first-order chi connectivity index (χ1) is 12.0. The summed E-state index contributed by atoms with van der Waals surface area (Å²) in [7, 11) is 0. The molecule has 0 atom stereocenters. The number of aromatic hydroxyl groups is 1. The molecule has 0 aliphatic heterocycles. The maximum atomic E-state index is 12.0. The number of nitrogens with zero attached hydrogens (tertiary/aromatic N) is 1. The Kier molecular flexibility index (Phi) is 4.67. The largest absolute Gasteiger partial charge is 0.507 e. The van der Waals surface area contributed by atoms with Crippen LogP contribution in [0.1, 0.15) is 21.5 Å². The maximum absolute atomic E-state index is 12.0. The van der Waals surface area contributed by atoms with Crippen LogP contribution in [0.4, 0.5) is 0 Å². The summed E-state index contributed by atoms with van der Waals surface area (Å²) in [4.78, 5) is 23.6. The number of halogens is 1. The number of benzene rings is 2. The van der Waals surface area contributed by atoms with Crippen LogP contribution in [0.2, 0.25) is 0 Å². The number of carbonyl (C=O) groups is 1. The topological polar surface area (TPSA) is 91.9 Å². The summed E-state index contributed by atoms with van der Waals surface area (Å²) in [6.45, 7) is 1.77. The van der Waals surface area contributed by atoms with E-state index in [9.17, 15) is 14.7 Å². The Morgan fingerprint density at radius 3 is 2.68 bits per heavy atom. The van der Waals surface area contributed by atoms with Crippen LogP contribution < -0.4 is 11.1 Å². The minimum atomic E-state index is -0.524. The quantitative estimate of drug-likeness (QED) is 0.400. The van der Waals surface area contributed by atoms with E-state index in [0.717, 1.165) is 10.0 Å². The lowest BCUT2D eigenvalue weighted by Crippen LogP contribution is -2.17. The molecule has 0 bridgehead atoms. The Labute approximate surface area is 150 Å². The zero-order chi connectivity index (χ0) is 18.0. The Bertz CT molecular complexity index is 1040. The highest BCUT2D eigenvalue weighted by atomic mass is 79.9. The summed E-state index contributed by atoms with van der Waals surface area (Å²) >= 11 is 3.30. The van der Waals surface area contributed by atoms with Gasteiger partial charge in [0.15, 0.2) is 5.58 Å². The van der Waals surface area contributed by atoms with Crippen molar-refractivity contribution < 1.29 is 14.3 Å². The van der Waals surface area contributed by atoms with Gasteiger partial charge in [-0.05, 0) is 48.9 Å². The van der Waals surface area contributed by atoms with Crippen LogP contribution in [0.5, 0.6) is 5.75 Å². The van der Waals surface area contributed by atoms with Gasteiger partial charge >= 0.3 is 5.63 Å². The summed E-state index contributed by atoms with van der Waals surface area (Å²) < 4.78 is 6.04. The SMILES string of the molecule is Cc1cc(=O)oc2c(C=NNC(=O)c3ccc(Br)cc3)c(O)ccc12. The molecule has 25 heavy (non-hydrogen) atoms. The first-order valence-corrected chi connectivity index (χ1v) is 8.10. The molecule has 1 aromatic heterocycles. The molecule has 1 amide bonds. The lowest BCUT2D eigenvalue weighted by Gasteiger charge is -2.05. The number of aryl methyl sites for hydroxylation is 1. The first kappa shape index (κ1) is 16.9. The van der Waals surface area contributed by atoms with E-state index < -0.39 is 11.5 Å². The van der Waals surface area contributed by atoms with E-state index in [1.807, 2.05) is 0 Å². The number of rotatable bonds is 3. The molecule has 3 rings (SSSR count). The molecule has 2 N–H and O–H groups in total. The van der Waals surface area contributed by atoms with Crippen LogP contribution in [0.15, 0.2) is 61.3 Å². The van der Waals surface area contributed by atoms with Gasteiger partial charge in [-0.3, -0.25) is 4.79 Å². The number of hydrazone groups is 1. The van der Waals surface area contributed by atoms with Gasteiger partial charge in [0.05, 0.1) is 11.8 Å². The van der Waals surface area contributed by atoms with Gasteiger partial charge in [0.25, 0.3) is 5.91 Å². The molecule has 7 heteroatoms. The van der Waals surface area contributed by atoms with Gasteiger partial charge in [-0.2, -0.15) is 5.10 Å². The maximum Gasteiger partial charge on any atom is 0.336 e. The lowest BCUT2D eigenvalue weighted by atomic mass is 10.1. The molecule has 0 fully saturated rings. The minimum Gasteiger partial charge on any atom is -0.507 e. The van der Waals surface area contributed by atoms with Gasteiger partial charge in [-0.15, -0.1) is 0 Å². The van der Waals surface area contributed by atoms with E-state index in [-0.39, 0.29) is 16.9 Å². The molecule has 0 unspecified atom stereocenters. The van der Waals surface area contributed by atoms with Crippen molar-refractivity contribution in [2.45, 2.75) is 6.92 Å². The van der Waals surface area contributed by atoms with Crippen LogP contribution in [-0.4, -0.2) is 17.2 Å². The molecule has 126 valence electrons. The third kappa shape index (κ3) is 3.61. The van der Waals surface area contributed by atoms with Crippen molar-refractivity contribution in [3.63, 3.8) is 0 Å². The normalized spacial score (nSPS) is 11.1. The van der Waals surface area contributed by atoms with E-state index in [1.54, 1.807) is 37.3 Å². The van der Waals surface area contributed by atoms with Crippen molar-refractivity contribution in [2.24, 2.45) is 5.10 Å². The van der Waals surface area contributed by atoms with Crippen molar-refractivity contribution in [3.05, 3.63) is 74.0 Å². The van der Waals surface area contributed by atoms with Crippen molar-refractivity contribution >= 4 is 39.0 Å². The van der Waals surface area contributed by atoms with Crippen molar-refractivity contribution in [3.8, 4) is 5.75 Å². The molecule has 1 heterocycles. The Hall–Kier alpha value is -2.93. The number of fused-ring (bicyclic) bond motifs is 1. The Balaban J connectivity index is 1.91. The fraction of sp³-hybridized carbons (Fsp3) is 0.0556. The zero-order valence-electron chi connectivity index (χ0n) is 13.1. The number of hydrogen-bond acceptors (Lipinski definition) is 5. The van der Waals surface area contributed by atoms with Gasteiger partial charge in [0.2, 0.25) is 0 Å². The van der Waals surface area contributed by atoms with E-state index in [2.05, 4.69) is 26.5 Å². The fourth-order valence-corrected chi connectivity index (χ4v) is 2.60. The van der Waals surface area contributed by atoms with Crippen molar-refractivity contribution in [1.29, 1.82) is 0 Å². The van der Waals surface area contributed by atoms with Gasteiger partial charge in [0.1, 0.15) is 5.75 Å². The van der Waals surface area contributed by atoms with E-state index in [1.165, 1.54) is 18.3 Å². The molecule has 0 aliphatic rings. The number of carbonyl (C=O) groups excluding carboxylic acids is 1. The third-order valence-electron chi connectivity index (χ3n) is 3.60. The van der Waals surface area contributed by atoms with E-state index in [4.69, 9.17) is 4.42 Å². The molecule has 2 aromatic carbocycles. The van der Waals surface area contributed by atoms with Crippen LogP contribution >= 0.6 is 15.9 Å². The van der Waals surface area contributed by atoms with Gasteiger partial charge in [-0.1, -0.05) is 15.9 Å². The lowest BCUT2D eigenvalue weighted by molar-refractivity contribution is 0.0955. The molecule has 0 spiro atoms. The first-order valence-electron chi connectivity index (χ1n) is 7.31. The predicted molar refractivity (Wildman–Crippen MR) is 98.1 cm³/mol. The minimum absolute atomic E-state index is 0.108. The average molecular weight is 401 g/mol.